The minimum atomic E-state index is -0.0870. The van der Waals surface area contributed by atoms with Crippen molar-refractivity contribution in [3.05, 3.63) is 46.4 Å². The smallest absolute Gasteiger partial charge is 0.231 e. The number of amides is 1. The number of carbonyl (C=O) groups is 1. The second-order valence-electron chi connectivity index (χ2n) is 6.95. The Bertz CT molecular complexity index is 1000. The summed E-state index contributed by atoms with van der Waals surface area (Å²) in [6.45, 7) is 5.47. The maximum atomic E-state index is 12.8. The third-order valence-corrected chi connectivity index (χ3v) is 5.62. The van der Waals surface area contributed by atoms with Crippen LogP contribution < -0.4 is 10.2 Å². The Hall–Kier alpha value is -2.41. The molecule has 0 saturated carbocycles. The summed E-state index contributed by atoms with van der Waals surface area (Å²) < 4.78 is 6.68. The Morgan fingerprint density at radius 2 is 2.19 bits per heavy atom. The van der Waals surface area contributed by atoms with Crippen molar-refractivity contribution in [1.82, 2.24) is 9.97 Å². The topological polar surface area (TPSA) is 71.3 Å². The molecule has 0 aliphatic carbocycles. The van der Waals surface area contributed by atoms with Gasteiger partial charge >= 0.3 is 0 Å². The van der Waals surface area contributed by atoms with Crippen LogP contribution in [0, 0.1) is 19.8 Å². The van der Waals surface area contributed by atoms with Crippen LogP contribution >= 0.6 is 15.9 Å². The van der Waals surface area contributed by atoms with Gasteiger partial charge in [-0.15, -0.1) is 0 Å². The van der Waals surface area contributed by atoms with E-state index < -0.39 is 0 Å². The molecule has 0 unspecified atom stereocenters. The molecule has 1 N–H and O–H groups in total. The molecular formula is C20H21BrN4O2. The highest BCUT2D eigenvalue weighted by Gasteiger charge is 2.28. The third kappa shape index (κ3) is 3.56. The molecule has 140 valence electrons. The Labute approximate surface area is 166 Å². The molecule has 4 rings (SSSR count). The van der Waals surface area contributed by atoms with Crippen molar-refractivity contribution >= 4 is 44.4 Å². The molecule has 3 heterocycles. The SMILES string of the molecule is Cc1oc2ncnc(N3CCC[C@@H](C(=O)Nc4cccc(Br)c4)C3)c2c1C. The van der Waals surface area contributed by atoms with Gasteiger partial charge in [-0.3, -0.25) is 4.79 Å². The number of aryl methyl sites for hydroxylation is 2. The highest BCUT2D eigenvalue weighted by Crippen LogP contribution is 2.32. The summed E-state index contributed by atoms with van der Waals surface area (Å²) in [6, 6.07) is 7.65. The Morgan fingerprint density at radius 3 is 3.00 bits per heavy atom. The lowest BCUT2D eigenvalue weighted by atomic mass is 9.96. The molecule has 6 nitrogen and oxygen atoms in total. The van der Waals surface area contributed by atoms with Crippen molar-refractivity contribution in [1.29, 1.82) is 0 Å². The van der Waals surface area contributed by atoms with Gasteiger partial charge in [-0.1, -0.05) is 22.0 Å². The minimum Gasteiger partial charge on any atom is -0.443 e. The highest BCUT2D eigenvalue weighted by molar-refractivity contribution is 9.10. The molecule has 3 aromatic rings. The summed E-state index contributed by atoms with van der Waals surface area (Å²) in [6.07, 6.45) is 3.34. The van der Waals surface area contributed by atoms with E-state index in [1.54, 1.807) is 0 Å². The zero-order chi connectivity index (χ0) is 19.0. The summed E-state index contributed by atoms with van der Waals surface area (Å²) in [5.74, 6) is 1.67. The molecular weight excluding hydrogens is 408 g/mol. The van der Waals surface area contributed by atoms with Crippen LogP contribution in [-0.2, 0) is 4.79 Å². The Kier molecular flexibility index (Phi) is 4.86. The van der Waals surface area contributed by atoms with Crippen molar-refractivity contribution in [2.24, 2.45) is 5.92 Å². The number of rotatable bonds is 3. The predicted octanol–water partition coefficient (Wildman–Crippen LogP) is 4.46. The zero-order valence-electron chi connectivity index (χ0n) is 15.3. The first-order valence-electron chi connectivity index (χ1n) is 9.05. The average Bonchev–Trinajstić information content (AvgIpc) is 2.96. The van der Waals surface area contributed by atoms with Crippen molar-refractivity contribution in [3.63, 3.8) is 0 Å². The zero-order valence-corrected chi connectivity index (χ0v) is 16.9. The van der Waals surface area contributed by atoms with Crippen LogP contribution in [0.1, 0.15) is 24.2 Å². The summed E-state index contributed by atoms with van der Waals surface area (Å²) in [4.78, 5) is 23.7. The fourth-order valence-corrected chi connectivity index (χ4v) is 4.00. The maximum Gasteiger partial charge on any atom is 0.231 e. The van der Waals surface area contributed by atoms with E-state index >= 15 is 0 Å². The van der Waals surface area contributed by atoms with E-state index in [2.05, 4.69) is 36.1 Å². The number of hydrogen-bond acceptors (Lipinski definition) is 5. The number of piperidine rings is 1. The van der Waals surface area contributed by atoms with Crippen LogP contribution in [0.3, 0.4) is 0 Å². The molecule has 1 atom stereocenters. The maximum absolute atomic E-state index is 12.8. The first kappa shape index (κ1) is 18.0. The van der Waals surface area contributed by atoms with Gasteiger partial charge in [0, 0.05) is 28.8 Å². The quantitative estimate of drug-likeness (QED) is 0.666. The average molecular weight is 429 g/mol. The molecule has 0 bridgehead atoms. The van der Waals surface area contributed by atoms with Crippen molar-refractivity contribution < 1.29 is 9.21 Å². The number of fused-ring (bicyclic) bond motifs is 1. The van der Waals surface area contributed by atoms with E-state index in [1.807, 2.05) is 38.1 Å². The number of nitrogens with zero attached hydrogens (tertiary/aromatic N) is 3. The summed E-state index contributed by atoms with van der Waals surface area (Å²) >= 11 is 3.44. The number of anilines is 2. The first-order valence-corrected chi connectivity index (χ1v) is 9.84. The highest BCUT2D eigenvalue weighted by atomic mass is 79.9. The van der Waals surface area contributed by atoms with Gasteiger partial charge in [0.1, 0.15) is 17.9 Å². The van der Waals surface area contributed by atoms with Crippen molar-refractivity contribution in [2.45, 2.75) is 26.7 Å². The van der Waals surface area contributed by atoms with Gasteiger partial charge in [0.25, 0.3) is 0 Å². The summed E-state index contributed by atoms with van der Waals surface area (Å²) in [5, 5.41) is 3.98. The Morgan fingerprint density at radius 1 is 1.33 bits per heavy atom. The van der Waals surface area contributed by atoms with Crippen LogP contribution in [0.2, 0.25) is 0 Å². The summed E-state index contributed by atoms with van der Waals surface area (Å²) in [7, 11) is 0. The van der Waals surface area contributed by atoms with Crippen LogP contribution in [0.5, 0.6) is 0 Å². The number of carbonyl (C=O) groups excluding carboxylic acids is 1. The number of benzene rings is 1. The fraction of sp³-hybridized carbons (Fsp3) is 0.350. The number of furan rings is 1. The molecule has 0 radical (unpaired) electrons. The predicted molar refractivity (Wildman–Crippen MR) is 109 cm³/mol. The molecule has 1 saturated heterocycles. The van der Waals surface area contributed by atoms with Gasteiger partial charge in [-0.05, 0) is 44.9 Å². The van der Waals surface area contributed by atoms with Crippen LogP contribution in [0.15, 0.2) is 39.5 Å². The van der Waals surface area contributed by atoms with Gasteiger partial charge in [-0.2, -0.15) is 0 Å². The Balaban J connectivity index is 1.56. The number of aromatic nitrogens is 2. The van der Waals surface area contributed by atoms with Gasteiger partial charge in [-0.25, -0.2) is 9.97 Å². The second-order valence-corrected chi connectivity index (χ2v) is 7.86. The monoisotopic (exact) mass is 428 g/mol. The van der Waals surface area contributed by atoms with Crippen molar-refractivity contribution in [3.8, 4) is 0 Å². The molecule has 1 fully saturated rings. The fourth-order valence-electron chi connectivity index (χ4n) is 3.60. The van der Waals surface area contributed by atoms with E-state index in [1.165, 1.54) is 6.33 Å². The van der Waals surface area contributed by atoms with Crippen LogP contribution in [0.25, 0.3) is 11.1 Å². The minimum absolute atomic E-state index is 0.0446. The molecule has 1 aliphatic heterocycles. The standard InChI is InChI=1S/C20H21BrN4O2/c1-12-13(2)27-20-17(12)18(22-11-23-20)25-8-4-5-14(10-25)19(26)24-16-7-3-6-15(21)9-16/h3,6-7,9,11,14H,4-5,8,10H2,1-2H3,(H,24,26)/t14-/m1/s1. The van der Waals surface area contributed by atoms with Gasteiger partial charge in [0.05, 0.1) is 11.3 Å². The lowest BCUT2D eigenvalue weighted by molar-refractivity contribution is -0.120. The molecule has 1 aliphatic rings. The molecule has 2 aromatic heterocycles. The molecule has 7 heteroatoms. The van der Waals surface area contributed by atoms with E-state index in [-0.39, 0.29) is 11.8 Å². The van der Waals surface area contributed by atoms with E-state index in [9.17, 15) is 4.79 Å². The second kappa shape index (κ2) is 7.31. The normalized spacial score (nSPS) is 17.3. The van der Waals surface area contributed by atoms with E-state index in [0.717, 1.165) is 52.1 Å². The van der Waals surface area contributed by atoms with Gasteiger partial charge in [0.2, 0.25) is 11.6 Å². The number of hydrogen-bond donors (Lipinski definition) is 1. The van der Waals surface area contributed by atoms with Crippen LogP contribution in [-0.4, -0.2) is 29.0 Å². The summed E-state index contributed by atoms with van der Waals surface area (Å²) in [5.41, 5.74) is 2.47. The lowest BCUT2D eigenvalue weighted by Gasteiger charge is -2.33. The van der Waals surface area contributed by atoms with Gasteiger partial charge in [0.15, 0.2) is 0 Å². The van der Waals surface area contributed by atoms with Crippen LogP contribution in [0.4, 0.5) is 11.5 Å². The molecule has 1 amide bonds. The van der Waals surface area contributed by atoms with E-state index in [4.69, 9.17) is 4.42 Å². The number of nitrogens with one attached hydrogen (secondary N) is 1. The molecule has 27 heavy (non-hydrogen) atoms. The van der Waals surface area contributed by atoms with Gasteiger partial charge < -0.3 is 14.6 Å². The largest absolute Gasteiger partial charge is 0.443 e. The molecule has 0 spiro atoms. The lowest BCUT2D eigenvalue weighted by Crippen LogP contribution is -2.41. The third-order valence-electron chi connectivity index (χ3n) is 5.13. The first-order chi connectivity index (χ1) is 13.0. The molecule has 1 aromatic carbocycles. The van der Waals surface area contributed by atoms with Crippen molar-refractivity contribution in [2.75, 3.05) is 23.3 Å². The van der Waals surface area contributed by atoms with E-state index in [0.29, 0.717) is 12.3 Å². The number of halogens is 1.